The maximum atomic E-state index is 12.1. The predicted octanol–water partition coefficient (Wildman–Crippen LogP) is 3.56. The lowest BCUT2D eigenvalue weighted by atomic mass is 9.90. The Kier molecular flexibility index (Phi) is 5.26. The molecule has 2 aliphatic rings. The minimum absolute atomic E-state index is 0.0157. The van der Waals surface area contributed by atoms with Crippen LogP contribution in [0.5, 0.6) is 0 Å². The number of ether oxygens (including phenoxy) is 2. The quantitative estimate of drug-likeness (QED) is 0.523. The van der Waals surface area contributed by atoms with E-state index in [2.05, 4.69) is 20.8 Å². The molecule has 2 rings (SSSR count). The minimum Gasteiger partial charge on any atom is -0.465 e. The molecule has 1 saturated heterocycles. The van der Waals surface area contributed by atoms with E-state index in [0.29, 0.717) is 30.7 Å². The summed E-state index contributed by atoms with van der Waals surface area (Å²) in [7, 11) is 0. The first-order chi connectivity index (χ1) is 9.10. The number of carbonyl (C=O) groups excluding carboxylic acids is 1. The molecule has 1 saturated carbocycles. The molecule has 0 aromatic heterocycles. The fourth-order valence-electron chi connectivity index (χ4n) is 2.98. The number of hydrogen-bond donors (Lipinski definition) is 0. The summed E-state index contributed by atoms with van der Waals surface area (Å²) < 4.78 is 11.0. The van der Waals surface area contributed by atoms with Gasteiger partial charge in [-0.05, 0) is 43.9 Å². The monoisotopic (exact) mass is 268 g/mol. The van der Waals surface area contributed by atoms with Gasteiger partial charge in [0.1, 0.15) is 0 Å². The normalized spacial score (nSPS) is 30.8. The van der Waals surface area contributed by atoms with Crippen molar-refractivity contribution in [1.29, 1.82) is 0 Å². The third-order valence-electron chi connectivity index (χ3n) is 4.49. The molecule has 2 fully saturated rings. The molecule has 1 aliphatic heterocycles. The number of hydrogen-bond acceptors (Lipinski definition) is 3. The molecular weight excluding hydrogens is 240 g/mol. The Bertz CT molecular complexity index is 300. The number of epoxide rings is 1. The zero-order chi connectivity index (χ0) is 13.8. The van der Waals surface area contributed by atoms with Crippen LogP contribution >= 0.6 is 0 Å². The van der Waals surface area contributed by atoms with E-state index < -0.39 is 0 Å². The Morgan fingerprint density at radius 3 is 2.68 bits per heavy atom. The van der Waals surface area contributed by atoms with Gasteiger partial charge < -0.3 is 9.47 Å². The molecule has 3 heteroatoms. The molecule has 1 aliphatic carbocycles. The summed E-state index contributed by atoms with van der Waals surface area (Å²) in [4.78, 5) is 12.1. The minimum atomic E-state index is 0.0157. The third kappa shape index (κ3) is 4.48. The second-order valence-corrected chi connectivity index (χ2v) is 6.60. The molecule has 0 aromatic rings. The first-order valence-electron chi connectivity index (χ1n) is 7.92. The Morgan fingerprint density at radius 2 is 2.05 bits per heavy atom. The van der Waals surface area contributed by atoms with Gasteiger partial charge in [-0.25, -0.2) is 0 Å². The van der Waals surface area contributed by atoms with E-state index in [9.17, 15) is 4.79 Å². The van der Waals surface area contributed by atoms with E-state index >= 15 is 0 Å². The van der Waals surface area contributed by atoms with Crippen molar-refractivity contribution < 1.29 is 14.3 Å². The van der Waals surface area contributed by atoms with Crippen LogP contribution in [0.2, 0.25) is 0 Å². The van der Waals surface area contributed by atoms with Crippen LogP contribution in [0.3, 0.4) is 0 Å². The fourth-order valence-corrected chi connectivity index (χ4v) is 2.98. The Morgan fingerprint density at radius 1 is 1.26 bits per heavy atom. The van der Waals surface area contributed by atoms with Gasteiger partial charge in [-0.1, -0.05) is 27.2 Å². The molecule has 4 unspecified atom stereocenters. The molecule has 0 aromatic carbocycles. The van der Waals surface area contributed by atoms with Crippen LogP contribution in [-0.2, 0) is 14.3 Å². The molecule has 1 heterocycles. The van der Waals surface area contributed by atoms with E-state index in [0.717, 1.165) is 38.5 Å². The van der Waals surface area contributed by atoms with Crippen LogP contribution in [0.4, 0.5) is 0 Å². The number of esters is 1. The van der Waals surface area contributed by atoms with Gasteiger partial charge in [0.15, 0.2) is 0 Å². The molecule has 0 radical (unpaired) electrons. The highest BCUT2D eigenvalue weighted by Crippen LogP contribution is 2.39. The maximum Gasteiger partial charge on any atom is 0.308 e. The number of fused-ring (bicyclic) bond motifs is 1. The standard InChI is InChI=1S/C16H28O3/c1-4-13(7-5-11(2)3)16(17)18-10-12-6-8-14-15(9-12)19-14/h11-15H,4-10H2,1-3H3. The van der Waals surface area contributed by atoms with E-state index in [1.165, 1.54) is 0 Å². The highest BCUT2D eigenvalue weighted by Gasteiger charge is 2.44. The molecule has 0 spiro atoms. The Labute approximate surface area is 117 Å². The van der Waals surface area contributed by atoms with Gasteiger partial charge in [-0.3, -0.25) is 4.79 Å². The van der Waals surface area contributed by atoms with Gasteiger partial charge >= 0.3 is 5.97 Å². The summed E-state index contributed by atoms with van der Waals surface area (Å²) in [6, 6.07) is 0. The van der Waals surface area contributed by atoms with E-state index in [1.807, 2.05) is 0 Å². The molecule has 0 amide bonds. The third-order valence-corrected chi connectivity index (χ3v) is 4.49. The largest absolute Gasteiger partial charge is 0.465 e. The Hall–Kier alpha value is -0.570. The van der Waals surface area contributed by atoms with Gasteiger partial charge in [0, 0.05) is 0 Å². The molecule has 4 atom stereocenters. The van der Waals surface area contributed by atoms with Crippen LogP contribution in [-0.4, -0.2) is 24.8 Å². The summed E-state index contributed by atoms with van der Waals surface area (Å²) in [5.41, 5.74) is 0. The van der Waals surface area contributed by atoms with Crippen molar-refractivity contribution in [1.82, 2.24) is 0 Å². The van der Waals surface area contributed by atoms with Gasteiger partial charge in [0.05, 0.1) is 24.7 Å². The first kappa shape index (κ1) is 14.8. The predicted molar refractivity (Wildman–Crippen MR) is 74.8 cm³/mol. The first-order valence-corrected chi connectivity index (χ1v) is 7.92. The van der Waals surface area contributed by atoms with Gasteiger partial charge in [0.25, 0.3) is 0 Å². The maximum absolute atomic E-state index is 12.1. The van der Waals surface area contributed by atoms with Gasteiger partial charge in [-0.15, -0.1) is 0 Å². The number of carbonyl (C=O) groups is 1. The molecule has 0 N–H and O–H groups in total. The average molecular weight is 268 g/mol. The van der Waals surface area contributed by atoms with Crippen molar-refractivity contribution >= 4 is 5.97 Å². The van der Waals surface area contributed by atoms with Crippen molar-refractivity contribution in [3.05, 3.63) is 0 Å². The van der Waals surface area contributed by atoms with E-state index in [4.69, 9.17) is 9.47 Å². The summed E-state index contributed by atoms with van der Waals surface area (Å²) in [6.45, 7) is 7.08. The van der Waals surface area contributed by atoms with Crippen LogP contribution in [0.1, 0.15) is 59.3 Å². The van der Waals surface area contributed by atoms with Crippen molar-refractivity contribution in [2.45, 2.75) is 71.5 Å². The Balaban J connectivity index is 1.66. The second-order valence-electron chi connectivity index (χ2n) is 6.60. The van der Waals surface area contributed by atoms with E-state index in [1.54, 1.807) is 0 Å². The van der Waals surface area contributed by atoms with Gasteiger partial charge in [-0.2, -0.15) is 0 Å². The van der Waals surface area contributed by atoms with Gasteiger partial charge in [0.2, 0.25) is 0 Å². The summed E-state index contributed by atoms with van der Waals surface area (Å²) >= 11 is 0. The molecule has 19 heavy (non-hydrogen) atoms. The zero-order valence-electron chi connectivity index (χ0n) is 12.6. The van der Waals surface area contributed by atoms with Crippen LogP contribution in [0, 0.1) is 17.8 Å². The topological polar surface area (TPSA) is 38.8 Å². The smallest absolute Gasteiger partial charge is 0.308 e. The average Bonchev–Trinajstić information content (AvgIpc) is 3.15. The SMILES string of the molecule is CCC(CCC(C)C)C(=O)OCC1CCC2OC2C1. The second kappa shape index (κ2) is 6.74. The van der Waals surface area contributed by atoms with Crippen molar-refractivity contribution in [2.75, 3.05) is 6.61 Å². The lowest BCUT2D eigenvalue weighted by Gasteiger charge is -2.21. The highest BCUT2D eigenvalue weighted by atomic mass is 16.6. The number of rotatable bonds is 7. The van der Waals surface area contributed by atoms with Crippen molar-refractivity contribution in [3.63, 3.8) is 0 Å². The van der Waals surface area contributed by atoms with Crippen LogP contribution in [0.15, 0.2) is 0 Å². The lowest BCUT2D eigenvalue weighted by molar-refractivity contribution is -0.150. The fraction of sp³-hybridized carbons (Fsp3) is 0.938. The summed E-state index contributed by atoms with van der Waals surface area (Å²) in [6.07, 6.45) is 7.35. The van der Waals surface area contributed by atoms with Crippen molar-refractivity contribution in [2.24, 2.45) is 17.8 Å². The van der Waals surface area contributed by atoms with E-state index in [-0.39, 0.29) is 11.9 Å². The molecule has 3 nitrogen and oxygen atoms in total. The zero-order valence-corrected chi connectivity index (χ0v) is 12.6. The van der Waals surface area contributed by atoms with Crippen LogP contribution in [0.25, 0.3) is 0 Å². The highest BCUT2D eigenvalue weighted by molar-refractivity contribution is 5.72. The summed E-state index contributed by atoms with van der Waals surface area (Å²) in [5, 5.41) is 0. The summed E-state index contributed by atoms with van der Waals surface area (Å²) in [5.74, 6) is 1.29. The van der Waals surface area contributed by atoms with Crippen molar-refractivity contribution in [3.8, 4) is 0 Å². The lowest BCUT2D eigenvalue weighted by Crippen LogP contribution is -2.24. The molecular formula is C16H28O3. The molecule has 110 valence electrons. The molecule has 0 bridgehead atoms. The van der Waals surface area contributed by atoms with Crippen LogP contribution < -0.4 is 0 Å².